The fraction of sp³-hybridized carbons (Fsp3) is 0.500. The SMILES string of the molecule is CCCCCCCCCCCC1c2cc(c(O)c(O)c2O)C(CCCCCCCCCCC)c2cc(c(O)c(O)c2O)C(CCCc2ccc3ccc4cccc5ccc2c3c45)c2cc(c(O)c(O)c2O)C(CCCCCCCCCCC)c2cc1c(O)c(O)c2O. The smallest absolute Gasteiger partial charge is 0.200 e. The van der Waals surface area contributed by atoms with Crippen molar-refractivity contribution in [1.82, 2.24) is 0 Å². The Bertz CT molecular complexity index is 3550. The molecule has 12 nitrogen and oxygen atoms in total. The van der Waals surface area contributed by atoms with Gasteiger partial charge in [-0.1, -0.05) is 249 Å². The Hall–Kier alpha value is -7.60. The van der Waals surface area contributed by atoms with Crippen LogP contribution in [0.15, 0.2) is 78.9 Å². The fourth-order valence-corrected chi connectivity index (χ4v) is 15.3. The van der Waals surface area contributed by atoms with Crippen molar-refractivity contribution in [1.29, 1.82) is 0 Å². The molecule has 0 fully saturated rings. The van der Waals surface area contributed by atoms with Crippen LogP contribution in [-0.4, -0.2) is 61.3 Å². The Kier molecular flexibility index (Phi) is 24.5. The van der Waals surface area contributed by atoms with Gasteiger partial charge in [-0.2, -0.15) is 0 Å². The second kappa shape index (κ2) is 32.8. The number of fused-ring (bicyclic) bond motifs is 8. The van der Waals surface area contributed by atoms with Crippen LogP contribution in [0.2, 0.25) is 0 Å². The zero-order valence-corrected chi connectivity index (χ0v) is 55.0. The zero-order chi connectivity index (χ0) is 65.4. The summed E-state index contributed by atoms with van der Waals surface area (Å²) in [6.07, 6.45) is 28.7. The van der Waals surface area contributed by atoms with E-state index in [2.05, 4.69) is 75.4 Å². The first-order valence-electron chi connectivity index (χ1n) is 35.4. The van der Waals surface area contributed by atoms with E-state index in [-0.39, 0.29) is 70.2 Å². The van der Waals surface area contributed by atoms with Gasteiger partial charge in [0.15, 0.2) is 46.0 Å². The van der Waals surface area contributed by atoms with Crippen LogP contribution in [0.3, 0.4) is 0 Å². The van der Waals surface area contributed by atoms with E-state index in [1.807, 2.05) is 0 Å². The van der Waals surface area contributed by atoms with E-state index in [1.54, 1.807) is 24.3 Å². The minimum atomic E-state index is -1.09. The Morgan fingerprint density at radius 2 is 0.478 bits per heavy atom. The van der Waals surface area contributed by atoms with Crippen molar-refractivity contribution in [2.75, 3.05) is 0 Å². The lowest BCUT2D eigenvalue weighted by atomic mass is 9.75. The van der Waals surface area contributed by atoms with Gasteiger partial charge in [-0.15, -0.1) is 0 Å². The summed E-state index contributed by atoms with van der Waals surface area (Å²) in [5.74, 6) is -12.9. The number of hydrogen-bond acceptors (Lipinski definition) is 12. The first-order valence-corrected chi connectivity index (χ1v) is 35.4. The predicted octanol–water partition coefficient (Wildman–Crippen LogP) is 21.7. The third-order valence-electron chi connectivity index (χ3n) is 20.6. The molecule has 0 aromatic heterocycles. The highest BCUT2D eigenvalue weighted by Gasteiger charge is 2.37. The molecule has 12 N–H and O–H groups in total. The van der Waals surface area contributed by atoms with Crippen molar-refractivity contribution in [3.63, 3.8) is 0 Å². The average Bonchev–Trinajstić information content (AvgIpc) is 0.782. The molecule has 1 aliphatic carbocycles. The molecule has 0 amide bonds. The van der Waals surface area contributed by atoms with Crippen molar-refractivity contribution in [3.05, 3.63) is 129 Å². The van der Waals surface area contributed by atoms with Crippen molar-refractivity contribution in [3.8, 4) is 69.0 Å². The molecule has 0 saturated heterocycles. The van der Waals surface area contributed by atoms with Crippen molar-refractivity contribution < 1.29 is 61.3 Å². The minimum absolute atomic E-state index is 0.0649. The van der Waals surface area contributed by atoms with Gasteiger partial charge in [0.1, 0.15) is 0 Å². The van der Waals surface area contributed by atoms with Crippen molar-refractivity contribution >= 4 is 32.3 Å². The van der Waals surface area contributed by atoms with Gasteiger partial charge < -0.3 is 61.3 Å². The summed E-state index contributed by atoms with van der Waals surface area (Å²) in [6.45, 7) is 6.57. The summed E-state index contributed by atoms with van der Waals surface area (Å²) < 4.78 is 0. The lowest BCUT2D eigenvalue weighted by Gasteiger charge is -2.30. The molecule has 496 valence electrons. The van der Waals surface area contributed by atoms with E-state index in [9.17, 15) is 61.3 Å². The van der Waals surface area contributed by atoms with Crippen LogP contribution in [0.25, 0.3) is 32.3 Å². The quantitative estimate of drug-likeness (QED) is 0.0102. The molecule has 8 bridgehead atoms. The van der Waals surface area contributed by atoms with Crippen LogP contribution in [0.5, 0.6) is 69.0 Å². The largest absolute Gasteiger partial charge is 0.504 e. The second-order valence-electron chi connectivity index (χ2n) is 26.9. The molecule has 92 heavy (non-hydrogen) atoms. The van der Waals surface area contributed by atoms with Crippen LogP contribution >= 0.6 is 0 Å². The van der Waals surface area contributed by atoms with E-state index < -0.39 is 92.7 Å². The van der Waals surface area contributed by atoms with Gasteiger partial charge in [0.05, 0.1) is 0 Å². The van der Waals surface area contributed by atoms with Crippen LogP contribution in [-0.2, 0) is 6.42 Å². The summed E-state index contributed by atoms with van der Waals surface area (Å²) in [5.41, 5.74) is 1.73. The van der Waals surface area contributed by atoms with E-state index >= 15 is 0 Å². The van der Waals surface area contributed by atoms with Crippen LogP contribution < -0.4 is 0 Å². The topological polar surface area (TPSA) is 243 Å². The first-order chi connectivity index (χ1) is 44.6. The van der Waals surface area contributed by atoms with Gasteiger partial charge in [0.25, 0.3) is 0 Å². The standard InChI is InChI=1S/C80H104O12/c1-4-7-10-13-16-19-22-25-28-36-55-59-46-61(71(83)77(89)69(59)81)56(37-29-26-23-20-17-14-11-8-5-2)63-48-65(75(87)79(91)73(63)85)58(39-32-33-50-40-41-53-43-42-51-34-31-35-52-44-45-54(50)68(53)67(51)52)66-49-64(74(86)80(92)76(66)88)57(38-30-27-24-21-18-15-12-9-6-3)62-47-60(55)70(82)78(90)72(62)84/h31,34-35,40-49,55-58,81-92H,4-30,32-33,36-39H2,1-3H3. The summed E-state index contributed by atoms with van der Waals surface area (Å²) in [4.78, 5) is 0. The number of phenols is 12. The maximum Gasteiger partial charge on any atom is 0.200 e. The Morgan fingerprint density at radius 3 is 0.772 bits per heavy atom. The average molecular weight is 1260 g/mol. The molecule has 8 aromatic rings. The Balaban J connectivity index is 1.23. The maximum absolute atomic E-state index is 12.5. The van der Waals surface area contributed by atoms with E-state index in [1.165, 1.54) is 43.9 Å². The molecular formula is C80H104O12. The second-order valence-corrected chi connectivity index (χ2v) is 26.9. The van der Waals surface area contributed by atoms with Gasteiger partial charge >= 0.3 is 0 Å². The predicted molar refractivity (Wildman–Crippen MR) is 372 cm³/mol. The normalized spacial score (nSPS) is 15.8. The van der Waals surface area contributed by atoms with Gasteiger partial charge in [-0.3, -0.25) is 0 Å². The molecule has 2 atom stereocenters. The van der Waals surface area contributed by atoms with Crippen LogP contribution in [0.4, 0.5) is 0 Å². The van der Waals surface area contributed by atoms with E-state index in [0.29, 0.717) is 32.1 Å². The molecular weight excluding hydrogens is 1150 g/mol. The molecule has 0 heterocycles. The maximum atomic E-state index is 12.5. The molecule has 1 aliphatic rings. The molecule has 12 heteroatoms. The number of aromatic hydroxyl groups is 12. The Morgan fingerprint density at radius 1 is 0.239 bits per heavy atom. The summed E-state index contributed by atoms with van der Waals surface area (Å²) in [7, 11) is 0. The fourth-order valence-electron chi connectivity index (χ4n) is 15.3. The monoisotopic (exact) mass is 1260 g/mol. The summed E-state index contributed by atoms with van der Waals surface area (Å²) in [5, 5.41) is 154. The number of hydrogen-bond donors (Lipinski definition) is 12. The van der Waals surface area contributed by atoms with Gasteiger partial charge in [0.2, 0.25) is 23.0 Å². The lowest BCUT2D eigenvalue weighted by molar-refractivity contribution is 0.347. The summed E-state index contributed by atoms with van der Waals surface area (Å²) in [6, 6.07) is 25.3. The van der Waals surface area contributed by atoms with E-state index in [0.717, 1.165) is 148 Å². The number of unbranched alkanes of at least 4 members (excludes halogenated alkanes) is 24. The molecule has 0 aliphatic heterocycles. The summed E-state index contributed by atoms with van der Waals surface area (Å²) >= 11 is 0. The van der Waals surface area contributed by atoms with Crippen molar-refractivity contribution in [2.45, 2.75) is 256 Å². The highest BCUT2D eigenvalue weighted by atomic mass is 16.3. The van der Waals surface area contributed by atoms with Gasteiger partial charge in [-0.25, -0.2) is 0 Å². The lowest BCUT2D eigenvalue weighted by Crippen LogP contribution is -2.12. The number of rotatable bonds is 34. The molecule has 0 radical (unpaired) electrons. The highest BCUT2D eigenvalue weighted by Crippen LogP contribution is 2.59. The highest BCUT2D eigenvalue weighted by molar-refractivity contribution is 6.23. The van der Waals surface area contributed by atoms with E-state index in [4.69, 9.17) is 0 Å². The van der Waals surface area contributed by atoms with Gasteiger partial charge in [-0.05, 0) is 101 Å². The zero-order valence-electron chi connectivity index (χ0n) is 55.0. The van der Waals surface area contributed by atoms with Crippen LogP contribution in [0, 0.1) is 0 Å². The molecule has 9 rings (SSSR count). The van der Waals surface area contributed by atoms with Crippen molar-refractivity contribution in [2.24, 2.45) is 0 Å². The molecule has 0 spiro atoms. The third kappa shape index (κ3) is 15.4. The number of aryl methyl sites for hydroxylation is 1. The third-order valence-corrected chi connectivity index (χ3v) is 20.6. The molecule has 8 aromatic carbocycles. The molecule has 2 unspecified atom stereocenters. The Labute approximate surface area is 545 Å². The van der Waals surface area contributed by atoms with Crippen LogP contribution in [0.1, 0.15) is 300 Å². The first kappa shape index (κ1) is 68.8. The minimum Gasteiger partial charge on any atom is -0.504 e. The number of benzene rings is 8. The number of phenolic OH excluding ortho intramolecular Hbond substituents is 12. The molecule has 0 saturated carbocycles. The van der Waals surface area contributed by atoms with Gasteiger partial charge in [0, 0.05) is 68.2 Å².